The van der Waals surface area contributed by atoms with Crippen molar-refractivity contribution in [2.24, 2.45) is 5.41 Å². The third-order valence-corrected chi connectivity index (χ3v) is 1.99. The first-order valence-corrected chi connectivity index (χ1v) is 5.45. The monoisotopic (exact) mass is 199 g/mol. The SMILES string of the molecule is C=CCCCNCC(O)CC(C)(C)C. The summed E-state index contributed by atoms with van der Waals surface area (Å²) >= 11 is 0. The molecule has 0 amide bonds. The van der Waals surface area contributed by atoms with Gasteiger partial charge in [-0.05, 0) is 31.2 Å². The van der Waals surface area contributed by atoms with Gasteiger partial charge in [-0.3, -0.25) is 0 Å². The summed E-state index contributed by atoms with van der Waals surface area (Å²) in [4.78, 5) is 0. The Bertz CT molecular complexity index is 149. The van der Waals surface area contributed by atoms with Crippen LogP contribution in [0.4, 0.5) is 0 Å². The normalized spacial score (nSPS) is 14.0. The summed E-state index contributed by atoms with van der Waals surface area (Å²) < 4.78 is 0. The molecule has 0 spiro atoms. The van der Waals surface area contributed by atoms with Crippen LogP contribution in [0, 0.1) is 5.41 Å². The molecule has 2 N–H and O–H groups in total. The molecule has 0 radical (unpaired) electrons. The molecule has 0 fully saturated rings. The van der Waals surface area contributed by atoms with Crippen molar-refractivity contribution in [3.05, 3.63) is 12.7 Å². The van der Waals surface area contributed by atoms with Gasteiger partial charge in [0.2, 0.25) is 0 Å². The van der Waals surface area contributed by atoms with E-state index >= 15 is 0 Å². The lowest BCUT2D eigenvalue weighted by molar-refractivity contribution is 0.120. The molecule has 0 rings (SSSR count). The van der Waals surface area contributed by atoms with Crippen molar-refractivity contribution in [3.8, 4) is 0 Å². The fraction of sp³-hybridized carbons (Fsp3) is 0.833. The number of hydrogen-bond donors (Lipinski definition) is 2. The standard InChI is InChI=1S/C12H25NO/c1-5-6-7-8-13-10-11(14)9-12(2,3)4/h5,11,13-14H,1,6-10H2,2-4H3. The molecule has 2 nitrogen and oxygen atoms in total. The molecular formula is C12H25NO. The number of nitrogens with one attached hydrogen (secondary N) is 1. The van der Waals surface area contributed by atoms with Crippen LogP contribution in [0.5, 0.6) is 0 Å². The van der Waals surface area contributed by atoms with Gasteiger partial charge < -0.3 is 10.4 Å². The van der Waals surface area contributed by atoms with Crippen molar-refractivity contribution in [2.45, 2.75) is 46.1 Å². The Hall–Kier alpha value is -0.340. The Labute approximate surface area is 88.4 Å². The lowest BCUT2D eigenvalue weighted by Gasteiger charge is -2.22. The number of unbranched alkanes of at least 4 members (excludes halogenated alkanes) is 1. The largest absolute Gasteiger partial charge is 0.392 e. The Morgan fingerprint density at radius 2 is 2.07 bits per heavy atom. The molecule has 0 heterocycles. The van der Waals surface area contributed by atoms with Crippen LogP contribution >= 0.6 is 0 Å². The van der Waals surface area contributed by atoms with Gasteiger partial charge >= 0.3 is 0 Å². The second kappa shape index (κ2) is 7.02. The smallest absolute Gasteiger partial charge is 0.0669 e. The first kappa shape index (κ1) is 13.7. The number of aliphatic hydroxyl groups excluding tert-OH is 1. The Kier molecular flexibility index (Phi) is 6.85. The third kappa shape index (κ3) is 9.75. The summed E-state index contributed by atoms with van der Waals surface area (Å²) in [7, 11) is 0. The van der Waals surface area contributed by atoms with Crippen LogP contribution < -0.4 is 5.32 Å². The molecule has 0 aromatic heterocycles. The maximum atomic E-state index is 9.66. The van der Waals surface area contributed by atoms with Gasteiger partial charge in [0, 0.05) is 6.54 Å². The van der Waals surface area contributed by atoms with Crippen molar-refractivity contribution in [1.29, 1.82) is 0 Å². The van der Waals surface area contributed by atoms with Gasteiger partial charge in [-0.25, -0.2) is 0 Å². The summed E-state index contributed by atoms with van der Waals surface area (Å²) in [5.74, 6) is 0. The lowest BCUT2D eigenvalue weighted by atomic mass is 9.89. The molecule has 14 heavy (non-hydrogen) atoms. The van der Waals surface area contributed by atoms with Gasteiger partial charge in [-0.15, -0.1) is 6.58 Å². The minimum absolute atomic E-state index is 0.211. The molecule has 2 heteroatoms. The van der Waals surface area contributed by atoms with Crippen molar-refractivity contribution < 1.29 is 5.11 Å². The predicted octanol–water partition coefficient (Wildman–Crippen LogP) is 2.34. The Balaban J connectivity index is 3.35. The van der Waals surface area contributed by atoms with E-state index < -0.39 is 0 Å². The van der Waals surface area contributed by atoms with Crippen molar-refractivity contribution in [3.63, 3.8) is 0 Å². The van der Waals surface area contributed by atoms with E-state index in [1.54, 1.807) is 0 Å². The van der Waals surface area contributed by atoms with Crippen LogP contribution in [0.2, 0.25) is 0 Å². The average Bonchev–Trinajstić information content (AvgIpc) is 2.00. The first-order valence-electron chi connectivity index (χ1n) is 5.45. The highest BCUT2D eigenvalue weighted by Crippen LogP contribution is 2.20. The molecule has 0 aliphatic carbocycles. The van der Waals surface area contributed by atoms with Crippen molar-refractivity contribution in [1.82, 2.24) is 5.32 Å². The van der Waals surface area contributed by atoms with Crippen LogP contribution in [-0.2, 0) is 0 Å². The van der Waals surface area contributed by atoms with E-state index in [1.165, 1.54) is 0 Å². The van der Waals surface area contributed by atoms with E-state index in [0.29, 0.717) is 6.54 Å². The van der Waals surface area contributed by atoms with E-state index in [9.17, 15) is 5.11 Å². The van der Waals surface area contributed by atoms with Gasteiger partial charge in [0.05, 0.1) is 6.10 Å². The fourth-order valence-electron chi connectivity index (χ4n) is 1.42. The van der Waals surface area contributed by atoms with E-state index in [2.05, 4.69) is 32.7 Å². The lowest BCUT2D eigenvalue weighted by Crippen LogP contribution is -2.30. The van der Waals surface area contributed by atoms with Gasteiger partial charge in [0.15, 0.2) is 0 Å². The number of hydrogen-bond acceptors (Lipinski definition) is 2. The highest BCUT2D eigenvalue weighted by molar-refractivity contribution is 4.71. The van der Waals surface area contributed by atoms with Crippen molar-refractivity contribution >= 4 is 0 Å². The molecule has 0 aromatic rings. The number of rotatable bonds is 7. The second-order valence-corrected chi connectivity index (χ2v) is 5.05. The zero-order chi connectivity index (χ0) is 11.0. The summed E-state index contributed by atoms with van der Waals surface area (Å²) in [6, 6.07) is 0. The van der Waals surface area contributed by atoms with Crippen LogP contribution in [0.15, 0.2) is 12.7 Å². The second-order valence-electron chi connectivity index (χ2n) is 5.05. The Morgan fingerprint density at radius 1 is 1.43 bits per heavy atom. The predicted molar refractivity (Wildman–Crippen MR) is 62.4 cm³/mol. The van der Waals surface area contributed by atoms with Gasteiger partial charge in [-0.2, -0.15) is 0 Å². The number of aliphatic hydroxyl groups is 1. The maximum absolute atomic E-state index is 9.66. The molecule has 0 aliphatic heterocycles. The van der Waals surface area contributed by atoms with Crippen molar-refractivity contribution in [2.75, 3.05) is 13.1 Å². The molecule has 0 saturated carbocycles. The molecule has 0 bridgehead atoms. The van der Waals surface area contributed by atoms with Gasteiger partial charge in [0.25, 0.3) is 0 Å². The summed E-state index contributed by atoms with van der Waals surface area (Å²) in [6.07, 6.45) is 4.70. The van der Waals surface area contributed by atoms with Gasteiger partial charge in [0.1, 0.15) is 0 Å². The fourth-order valence-corrected chi connectivity index (χ4v) is 1.42. The Morgan fingerprint density at radius 3 is 2.57 bits per heavy atom. The van der Waals surface area contributed by atoms with Crippen LogP contribution in [0.3, 0.4) is 0 Å². The maximum Gasteiger partial charge on any atom is 0.0669 e. The van der Waals surface area contributed by atoms with E-state index in [-0.39, 0.29) is 11.5 Å². The molecule has 1 atom stereocenters. The van der Waals surface area contributed by atoms with Crippen LogP contribution in [0.25, 0.3) is 0 Å². The van der Waals surface area contributed by atoms with E-state index in [1.807, 2.05) is 6.08 Å². The first-order chi connectivity index (χ1) is 6.45. The highest BCUT2D eigenvalue weighted by atomic mass is 16.3. The zero-order valence-corrected chi connectivity index (χ0v) is 9.84. The molecule has 1 unspecified atom stereocenters. The average molecular weight is 199 g/mol. The molecule has 0 aromatic carbocycles. The third-order valence-electron chi connectivity index (χ3n) is 1.99. The molecular weight excluding hydrogens is 174 g/mol. The van der Waals surface area contributed by atoms with Crippen LogP contribution in [0.1, 0.15) is 40.0 Å². The van der Waals surface area contributed by atoms with E-state index in [4.69, 9.17) is 0 Å². The highest BCUT2D eigenvalue weighted by Gasteiger charge is 2.15. The summed E-state index contributed by atoms with van der Waals surface area (Å²) in [6.45, 7) is 11.8. The molecule has 84 valence electrons. The molecule has 0 saturated heterocycles. The summed E-state index contributed by atoms with van der Waals surface area (Å²) in [5.41, 5.74) is 0.211. The molecule has 0 aliphatic rings. The zero-order valence-electron chi connectivity index (χ0n) is 9.84. The van der Waals surface area contributed by atoms with Crippen LogP contribution in [-0.4, -0.2) is 24.3 Å². The van der Waals surface area contributed by atoms with E-state index in [0.717, 1.165) is 25.8 Å². The summed E-state index contributed by atoms with van der Waals surface area (Å²) in [5, 5.41) is 12.9. The topological polar surface area (TPSA) is 32.3 Å². The minimum Gasteiger partial charge on any atom is -0.392 e. The minimum atomic E-state index is -0.223. The quantitative estimate of drug-likeness (QED) is 0.487. The number of allylic oxidation sites excluding steroid dienone is 1. The van der Waals surface area contributed by atoms with Gasteiger partial charge in [-0.1, -0.05) is 26.8 Å².